The molecule has 2 rings (SSSR count). The molecule has 9 heteroatoms. The Morgan fingerprint density at radius 1 is 1.30 bits per heavy atom. The van der Waals surface area contributed by atoms with Gasteiger partial charge in [0.05, 0.1) is 12.8 Å². The first kappa shape index (κ1) is 17.4. The van der Waals surface area contributed by atoms with Crippen LogP contribution in [0.3, 0.4) is 0 Å². The van der Waals surface area contributed by atoms with Crippen LogP contribution < -0.4 is 14.8 Å². The zero-order valence-corrected chi connectivity index (χ0v) is 14.8. The number of rotatable bonds is 5. The van der Waals surface area contributed by atoms with E-state index in [2.05, 4.69) is 15.0 Å². The molecule has 0 fully saturated rings. The number of sulfonamides is 1. The topological polar surface area (TPSA) is 97.4 Å². The number of aromatic nitrogens is 1. The summed E-state index contributed by atoms with van der Waals surface area (Å²) in [7, 11) is -1.08. The summed E-state index contributed by atoms with van der Waals surface area (Å²) in [5.74, 6) is -0.272. The van der Waals surface area contributed by atoms with Gasteiger partial charge in [0, 0.05) is 10.4 Å². The van der Waals surface area contributed by atoms with Gasteiger partial charge in [-0.25, -0.2) is 18.1 Å². The molecule has 0 aliphatic carbocycles. The van der Waals surface area contributed by atoms with E-state index in [1.807, 2.05) is 13.8 Å². The summed E-state index contributed by atoms with van der Waals surface area (Å²) in [5, 5.41) is 3.14. The highest BCUT2D eigenvalue weighted by atomic mass is 32.2. The second kappa shape index (κ2) is 6.65. The molecule has 2 N–H and O–H groups in total. The number of nitrogens with one attached hydrogen (secondary N) is 2. The largest absolute Gasteiger partial charge is 0.495 e. The summed E-state index contributed by atoms with van der Waals surface area (Å²) in [5.41, 5.74) is 1.05. The lowest BCUT2D eigenvalue weighted by Crippen LogP contribution is -2.20. The van der Waals surface area contributed by atoms with Crippen molar-refractivity contribution < 1.29 is 17.9 Å². The molecular weight excluding hydrogens is 338 g/mol. The Morgan fingerprint density at radius 3 is 2.52 bits per heavy atom. The summed E-state index contributed by atoms with van der Waals surface area (Å²) in [6.45, 7) is 3.76. The Kier molecular flexibility index (Phi) is 5.03. The lowest BCUT2D eigenvalue weighted by molar-refractivity contribution is 0.102. The molecular formula is C14H17N3O4S2. The molecule has 0 spiro atoms. The molecule has 0 unspecified atom stereocenters. The quantitative estimate of drug-likeness (QED) is 0.854. The molecule has 0 bridgehead atoms. The van der Waals surface area contributed by atoms with E-state index in [9.17, 15) is 13.2 Å². The predicted octanol–water partition coefficient (Wildman–Crippen LogP) is 1.93. The average Bonchev–Trinajstić information content (AvgIpc) is 2.84. The monoisotopic (exact) mass is 355 g/mol. The number of benzene rings is 1. The first-order chi connectivity index (χ1) is 10.8. The van der Waals surface area contributed by atoms with Crippen LogP contribution in [0.2, 0.25) is 0 Å². The van der Waals surface area contributed by atoms with Gasteiger partial charge in [0.1, 0.15) is 10.6 Å². The molecule has 0 aliphatic heterocycles. The van der Waals surface area contributed by atoms with E-state index in [1.54, 1.807) is 0 Å². The predicted molar refractivity (Wildman–Crippen MR) is 88.8 cm³/mol. The fourth-order valence-corrected chi connectivity index (χ4v) is 3.56. The van der Waals surface area contributed by atoms with Gasteiger partial charge in [-0.05, 0) is 39.1 Å². The van der Waals surface area contributed by atoms with E-state index in [1.165, 1.54) is 43.7 Å². The van der Waals surface area contributed by atoms with Crippen molar-refractivity contribution in [1.82, 2.24) is 9.71 Å². The Labute approximate surface area is 138 Å². The van der Waals surface area contributed by atoms with Gasteiger partial charge in [-0.3, -0.25) is 10.1 Å². The number of carbonyl (C=O) groups excluding carboxylic acids is 1. The number of methoxy groups -OCH3 is 1. The third kappa shape index (κ3) is 3.69. The lowest BCUT2D eigenvalue weighted by Gasteiger charge is -2.10. The van der Waals surface area contributed by atoms with Gasteiger partial charge < -0.3 is 4.74 Å². The second-order valence-electron chi connectivity index (χ2n) is 4.69. The highest BCUT2D eigenvalue weighted by Gasteiger charge is 2.20. The number of amides is 1. The SMILES string of the molecule is CNS(=O)(=O)c1cc(C(=O)Nc2nc(C)c(C)s2)ccc1OC. The molecule has 1 amide bonds. The summed E-state index contributed by atoms with van der Waals surface area (Å²) in [6, 6.07) is 4.21. The molecule has 23 heavy (non-hydrogen) atoms. The van der Waals surface area contributed by atoms with Crippen molar-refractivity contribution in [2.45, 2.75) is 18.7 Å². The fourth-order valence-electron chi connectivity index (χ4n) is 1.83. The van der Waals surface area contributed by atoms with Crippen molar-refractivity contribution in [3.05, 3.63) is 34.3 Å². The van der Waals surface area contributed by atoms with Crippen LogP contribution in [-0.4, -0.2) is 33.5 Å². The number of thiazole rings is 1. The number of hydrogen-bond acceptors (Lipinski definition) is 6. The summed E-state index contributed by atoms with van der Waals surface area (Å²) in [6.07, 6.45) is 0. The number of ether oxygens (including phenoxy) is 1. The molecule has 2 aromatic rings. The van der Waals surface area contributed by atoms with Gasteiger partial charge in [0.25, 0.3) is 5.91 Å². The molecule has 0 saturated carbocycles. The Bertz CT molecular complexity index is 824. The number of aryl methyl sites for hydroxylation is 2. The van der Waals surface area contributed by atoms with Crippen molar-refractivity contribution >= 4 is 32.4 Å². The zero-order chi connectivity index (χ0) is 17.2. The van der Waals surface area contributed by atoms with Crippen LogP contribution in [0.25, 0.3) is 0 Å². The van der Waals surface area contributed by atoms with E-state index < -0.39 is 15.9 Å². The zero-order valence-electron chi connectivity index (χ0n) is 13.1. The molecule has 1 aromatic heterocycles. The second-order valence-corrected chi connectivity index (χ2v) is 7.75. The van der Waals surface area contributed by atoms with Gasteiger partial charge in [-0.1, -0.05) is 0 Å². The van der Waals surface area contributed by atoms with Crippen molar-refractivity contribution in [2.24, 2.45) is 0 Å². The Morgan fingerprint density at radius 2 is 2.00 bits per heavy atom. The van der Waals surface area contributed by atoms with Gasteiger partial charge in [-0.15, -0.1) is 11.3 Å². The number of nitrogens with zero attached hydrogens (tertiary/aromatic N) is 1. The molecule has 1 heterocycles. The van der Waals surface area contributed by atoms with Crippen LogP contribution in [0.1, 0.15) is 20.9 Å². The molecule has 0 atom stereocenters. The molecule has 0 saturated heterocycles. The van der Waals surface area contributed by atoms with Gasteiger partial charge in [0.15, 0.2) is 5.13 Å². The minimum absolute atomic E-state index is 0.0957. The van der Waals surface area contributed by atoms with E-state index in [0.29, 0.717) is 5.13 Å². The summed E-state index contributed by atoms with van der Waals surface area (Å²) in [4.78, 5) is 17.4. The van der Waals surface area contributed by atoms with Crippen LogP contribution in [0, 0.1) is 13.8 Å². The maximum atomic E-state index is 12.3. The first-order valence-electron chi connectivity index (χ1n) is 6.65. The van der Waals surface area contributed by atoms with Gasteiger partial charge in [-0.2, -0.15) is 0 Å². The summed E-state index contributed by atoms with van der Waals surface area (Å²) < 4.78 is 31.3. The van der Waals surface area contributed by atoms with Crippen molar-refractivity contribution in [3.63, 3.8) is 0 Å². The Balaban J connectivity index is 2.36. The Hall–Kier alpha value is -1.97. The summed E-state index contributed by atoms with van der Waals surface area (Å²) >= 11 is 1.36. The molecule has 1 aromatic carbocycles. The third-order valence-corrected chi connectivity index (χ3v) is 5.66. The number of carbonyl (C=O) groups is 1. The smallest absolute Gasteiger partial charge is 0.257 e. The molecule has 0 aliphatic rings. The minimum atomic E-state index is -3.74. The van der Waals surface area contributed by atoms with E-state index in [0.717, 1.165) is 10.6 Å². The van der Waals surface area contributed by atoms with Crippen LogP contribution in [0.5, 0.6) is 5.75 Å². The third-order valence-electron chi connectivity index (χ3n) is 3.23. The van der Waals surface area contributed by atoms with E-state index in [-0.39, 0.29) is 16.2 Å². The van der Waals surface area contributed by atoms with Crippen molar-refractivity contribution in [1.29, 1.82) is 0 Å². The highest BCUT2D eigenvalue weighted by molar-refractivity contribution is 7.89. The van der Waals surface area contributed by atoms with Crippen LogP contribution in [0.4, 0.5) is 5.13 Å². The maximum absolute atomic E-state index is 12.3. The maximum Gasteiger partial charge on any atom is 0.257 e. The fraction of sp³-hybridized carbons (Fsp3) is 0.286. The van der Waals surface area contributed by atoms with Crippen LogP contribution in [0.15, 0.2) is 23.1 Å². The minimum Gasteiger partial charge on any atom is -0.495 e. The highest BCUT2D eigenvalue weighted by Crippen LogP contribution is 2.26. The number of anilines is 1. The van der Waals surface area contributed by atoms with Gasteiger partial charge >= 0.3 is 0 Å². The average molecular weight is 355 g/mol. The van der Waals surface area contributed by atoms with Crippen LogP contribution >= 0.6 is 11.3 Å². The van der Waals surface area contributed by atoms with Crippen molar-refractivity contribution in [2.75, 3.05) is 19.5 Å². The molecule has 0 radical (unpaired) electrons. The molecule has 7 nitrogen and oxygen atoms in total. The first-order valence-corrected chi connectivity index (χ1v) is 8.95. The van der Waals surface area contributed by atoms with Crippen LogP contribution in [-0.2, 0) is 10.0 Å². The van der Waals surface area contributed by atoms with E-state index in [4.69, 9.17) is 4.74 Å². The number of hydrogen-bond donors (Lipinski definition) is 2. The molecule has 124 valence electrons. The van der Waals surface area contributed by atoms with Crippen molar-refractivity contribution in [3.8, 4) is 5.75 Å². The standard InChI is InChI=1S/C14H17N3O4S2/c1-8-9(2)22-14(16-8)17-13(18)10-5-6-11(21-4)12(7-10)23(19,20)15-3/h5-7,15H,1-4H3,(H,16,17,18). The van der Waals surface area contributed by atoms with E-state index >= 15 is 0 Å². The van der Waals surface area contributed by atoms with Gasteiger partial charge in [0.2, 0.25) is 10.0 Å². The lowest BCUT2D eigenvalue weighted by atomic mass is 10.2. The normalized spacial score (nSPS) is 11.3.